The Labute approximate surface area is 137 Å². The molecule has 0 aliphatic heterocycles. The van der Waals surface area contributed by atoms with Gasteiger partial charge in [0, 0.05) is 10.9 Å². The van der Waals surface area contributed by atoms with Crippen molar-refractivity contribution in [3.8, 4) is 0 Å². The highest BCUT2D eigenvalue weighted by Gasteiger charge is 2.16. The Morgan fingerprint density at radius 2 is 1.82 bits per heavy atom. The monoisotopic (exact) mass is 370 g/mol. The first kappa shape index (κ1) is 18.2. The van der Waals surface area contributed by atoms with Crippen molar-refractivity contribution in [3.63, 3.8) is 0 Å². The molecule has 0 spiro atoms. The number of nitrogens with one attached hydrogen (secondary N) is 1. The fraction of sp³-hybridized carbons (Fsp3) is 0.400. The Morgan fingerprint density at radius 3 is 2.32 bits per heavy atom. The molecule has 0 atom stereocenters. The number of carbonyl (C=O) groups is 2. The number of ether oxygens (including phenoxy) is 1. The molecular formula is C15H19BrN2O4. The third-order valence-electron chi connectivity index (χ3n) is 2.43. The van der Waals surface area contributed by atoms with E-state index >= 15 is 0 Å². The molecule has 120 valence electrons. The van der Waals surface area contributed by atoms with E-state index in [1.807, 2.05) is 12.1 Å². The summed E-state index contributed by atoms with van der Waals surface area (Å²) in [6.45, 7) is 5.24. The highest BCUT2D eigenvalue weighted by atomic mass is 79.9. The van der Waals surface area contributed by atoms with Gasteiger partial charge >= 0.3 is 12.1 Å². The van der Waals surface area contributed by atoms with Crippen LogP contribution < -0.4 is 5.43 Å². The van der Waals surface area contributed by atoms with Crippen LogP contribution in [0.1, 0.15) is 39.2 Å². The maximum Gasteiger partial charge on any atom is 0.428 e. The summed E-state index contributed by atoms with van der Waals surface area (Å²) < 4.78 is 5.98. The average molecular weight is 371 g/mol. The summed E-state index contributed by atoms with van der Waals surface area (Å²) >= 11 is 3.33. The van der Waals surface area contributed by atoms with Crippen LogP contribution in [0.3, 0.4) is 0 Å². The first-order valence-electron chi connectivity index (χ1n) is 6.70. The maximum atomic E-state index is 11.6. The zero-order valence-electron chi connectivity index (χ0n) is 12.7. The van der Waals surface area contributed by atoms with Crippen LogP contribution >= 0.6 is 15.9 Å². The third kappa shape index (κ3) is 7.21. The molecule has 0 radical (unpaired) electrons. The summed E-state index contributed by atoms with van der Waals surface area (Å²) in [4.78, 5) is 22.4. The van der Waals surface area contributed by atoms with Gasteiger partial charge in [-0.15, -0.1) is 0 Å². The summed E-state index contributed by atoms with van der Waals surface area (Å²) in [5.41, 5.74) is 2.88. The van der Waals surface area contributed by atoms with Gasteiger partial charge in [-0.05, 0) is 38.5 Å². The van der Waals surface area contributed by atoms with E-state index in [0.29, 0.717) is 5.71 Å². The minimum atomic E-state index is -0.929. The van der Waals surface area contributed by atoms with Crippen molar-refractivity contribution in [2.45, 2.75) is 39.2 Å². The van der Waals surface area contributed by atoms with E-state index in [0.717, 1.165) is 10.0 Å². The minimum Gasteiger partial charge on any atom is -0.481 e. The van der Waals surface area contributed by atoms with Gasteiger partial charge < -0.3 is 9.84 Å². The number of carboxylic acid groups (broad SMARTS) is 1. The Hall–Kier alpha value is -1.89. The normalized spacial score (nSPS) is 11.9. The standard InChI is InChI=1S/C15H19BrN2O4/c1-15(2,3)22-14(21)18-17-12(8-9-13(19)20)10-4-6-11(16)7-5-10/h4-7H,8-9H2,1-3H3,(H,18,21)(H,19,20)/b17-12-. The van der Waals surface area contributed by atoms with E-state index in [2.05, 4.69) is 26.5 Å². The van der Waals surface area contributed by atoms with E-state index < -0.39 is 17.7 Å². The number of hydrogen-bond acceptors (Lipinski definition) is 4. The number of rotatable bonds is 5. The van der Waals surface area contributed by atoms with Gasteiger partial charge in [0.25, 0.3) is 0 Å². The molecule has 1 aromatic rings. The summed E-state index contributed by atoms with van der Waals surface area (Å²) in [5, 5.41) is 12.8. The number of carbonyl (C=O) groups excluding carboxylic acids is 1. The van der Waals surface area contributed by atoms with Crippen LogP contribution in [-0.4, -0.2) is 28.5 Å². The van der Waals surface area contributed by atoms with Crippen LogP contribution in [0.2, 0.25) is 0 Å². The Morgan fingerprint density at radius 1 is 1.23 bits per heavy atom. The van der Waals surface area contributed by atoms with E-state index in [1.165, 1.54) is 0 Å². The van der Waals surface area contributed by atoms with Gasteiger partial charge in [-0.25, -0.2) is 10.2 Å². The van der Waals surface area contributed by atoms with E-state index in [-0.39, 0.29) is 12.8 Å². The minimum absolute atomic E-state index is 0.0785. The number of nitrogens with zero attached hydrogens (tertiary/aromatic N) is 1. The molecule has 1 amide bonds. The van der Waals surface area contributed by atoms with Crippen LogP contribution in [0.5, 0.6) is 0 Å². The van der Waals surface area contributed by atoms with Crippen molar-refractivity contribution in [3.05, 3.63) is 34.3 Å². The van der Waals surface area contributed by atoms with E-state index in [9.17, 15) is 9.59 Å². The summed E-state index contributed by atoms with van der Waals surface area (Å²) in [7, 11) is 0. The molecule has 0 saturated carbocycles. The number of carboxylic acids is 1. The molecule has 0 bridgehead atoms. The molecule has 0 aromatic heterocycles. The lowest BCUT2D eigenvalue weighted by molar-refractivity contribution is -0.136. The first-order valence-corrected chi connectivity index (χ1v) is 7.50. The molecule has 0 saturated heterocycles. The van der Waals surface area contributed by atoms with E-state index in [4.69, 9.17) is 9.84 Å². The van der Waals surface area contributed by atoms with Crippen LogP contribution in [-0.2, 0) is 9.53 Å². The molecule has 0 aliphatic rings. The molecule has 0 heterocycles. The van der Waals surface area contributed by atoms with Crippen molar-refractivity contribution >= 4 is 33.7 Å². The van der Waals surface area contributed by atoms with Gasteiger partial charge in [0.15, 0.2) is 0 Å². The van der Waals surface area contributed by atoms with Crippen LogP contribution in [0, 0.1) is 0 Å². The second-order valence-electron chi connectivity index (χ2n) is 5.57. The predicted molar refractivity (Wildman–Crippen MR) is 86.9 cm³/mol. The molecule has 0 unspecified atom stereocenters. The number of hydrogen-bond donors (Lipinski definition) is 2. The lowest BCUT2D eigenvalue weighted by Gasteiger charge is -2.18. The second kappa shape index (κ2) is 7.93. The number of halogens is 1. The fourth-order valence-corrected chi connectivity index (χ4v) is 1.81. The molecule has 7 heteroatoms. The largest absolute Gasteiger partial charge is 0.481 e. The number of benzene rings is 1. The Kier molecular flexibility index (Phi) is 6.55. The molecule has 2 N–H and O–H groups in total. The van der Waals surface area contributed by atoms with Crippen molar-refractivity contribution < 1.29 is 19.4 Å². The van der Waals surface area contributed by atoms with Crippen molar-refractivity contribution in [1.82, 2.24) is 5.43 Å². The number of aliphatic carboxylic acids is 1. The predicted octanol–water partition coefficient (Wildman–Crippen LogP) is 3.54. The summed E-state index contributed by atoms with van der Waals surface area (Å²) in [5.74, 6) is -0.929. The molecule has 1 aromatic carbocycles. The van der Waals surface area contributed by atoms with Gasteiger partial charge in [0.05, 0.1) is 12.1 Å². The third-order valence-corrected chi connectivity index (χ3v) is 2.96. The molecule has 1 rings (SSSR count). The summed E-state index contributed by atoms with van der Waals surface area (Å²) in [6.07, 6.45) is -0.560. The Balaban J connectivity index is 2.85. The fourth-order valence-electron chi connectivity index (χ4n) is 1.55. The molecule has 6 nitrogen and oxygen atoms in total. The zero-order valence-corrected chi connectivity index (χ0v) is 14.3. The maximum absolute atomic E-state index is 11.6. The van der Waals surface area contributed by atoms with Gasteiger partial charge in [0.2, 0.25) is 0 Å². The molecule has 0 aliphatic carbocycles. The van der Waals surface area contributed by atoms with Crippen LogP contribution in [0.25, 0.3) is 0 Å². The lowest BCUT2D eigenvalue weighted by atomic mass is 10.1. The average Bonchev–Trinajstić information content (AvgIpc) is 2.38. The van der Waals surface area contributed by atoms with Gasteiger partial charge in [0.1, 0.15) is 5.60 Å². The van der Waals surface area contributed by atoms with Gasteiger partial charge in [-0.3, -0.25) is 4.79 Å². The SMILES string of the molecule is CC(C)(C)OC(=O)N/N=C(/CCC(=O)O)c1ccc(Br)cc1. The molecular weight excluding hydrogens is 352 g/mol. The van der Waals surface area contributed by atoms with Crippen molar-refractivity contribution in [1.29, 1.82) is 0 Å². The topological polar surface area (TPSA) is 88.0 Å². The molecule has 22 heavy (non-hydrogen) atoms. The van der Waals surface area contributed by atoms with Gasteiger partial charge in [-0.1, -0.05) is 28.1 Å². The van der Waals surface area contributed by atoms with Crippen molar-refractivity contribution in [2.24, 2.45) is 5.10 Å². The smallest absolute Gasteiger partial charge is 0.428 e. The number of amides is 1. The molecule has 0 fully saturated rings. The zero-order chi connectivity index (χ0) is 16.8. The van der Waals surface area contributed by atoms with Crippen molar-refractivity contribution in [2.75, 3.05) is 0 Å². The highest BCUT2D eigenvalue weighted by Crippen LogP contribution is 2.13. The quantitative estimate of drug-likeness (QED) is 0.612. The van der Waals surface area contributed by atoms with Crippen LogP contribution in [0.15, 0.2) is 33.8 Å². The van der Waals surface area contributed by atoms with E-state index in [1.54, 1.807) is 32.9 Å². The number of hydrazone groups is 1. The Bertz CT molecular complexity index is 562. The second-order valence-corrected chi connectivity index (χ2v) is 6.49. The highest BCUT2D eigenvalue weighted by molar-refractivity contribution is 9.10. The van der Waals surface area contributed by atoms with Gasteiger partial charge in [-0.2, -0.15) is 5.10 Å². The first-order chi connectivity index (χ1) is 10.2. The summed E-state index contributed by atoms with van der Waals surface area (Å²) in [6, 6.07) is 7.22. The van der Waals surface area contributed by atoms with Crippen LogP contribution in [0.4, 0.5) is 4.79 Å². The lowest BCUT2D eigenvalue weighted by Crippen LogP contribution is -2.30.